The summed E-state index contributed by atoms with van der Waals surface area (Å²) in [6.07, 6.45) is 1.78. The first-order valence-corrected chi connectivity index (χ1v) is 10.8. The molecule has 1 aliphatic heterocycles. The van der Waals surface area contributed by atoms with E-state index in [1.54, 1.807) is 24.4 Å². The second-order valence-electron chi connectivity index (χ2n) is 6.43. The van der Waals surface area contributed by atoms with Gasteiger partial charge in [0.15, 0.2) is 0 Å². The molecule has 1 aromatic heterocycles. The number of para-hydroxylation sites is 1. The number of nitrogens with zero attached hydrogens (tertiary/aromatic N) is 2. The standard InChI is InChI=1S/C19H20BrN3O2S.2ClH/c20-17-6-2-4-8-19(17)26(24,25)23-14-15(13-22-11-9-21-10-12-22)16-5-1-3-7-18(16)23;;/h1-8,14,21H,9-13H2;2*1H. The fourth-order valence-electron chi connectivity index (χ4n) is 3.41. The first-order valence-electron chi connectivity index (χ1n) is 8.59. The molecule has 0 bridgehead atoms. The number of piperazine rings is 1. The Bertz CT molecular complexity index is 1050. The van der Waals surface area contributed by atoms with Crippen LogP contribution in [0.15, 0.2) is 64.1 Å². The van der Waals surface area contributed by atoms with Crippen molar-refractivity contribution in [2.45, 2.75) is 11.4 Å². The lowest BCUT2D eigenvalue weighted by Crippen LogP contribution is -2.42. The maximum atomic E-state index is 13.3. The Morgan fingerprint density at radius 3 is 2.32 bits per heavy atom. The maximum Gasteiger partial charge on any atom is 0.269 e. The molecule has 4 rings (SSSR count). The zero-order chi connectivity index (χ0) is 18.1. The summed E-state index contributed by atoms with van der Waals surface area (Å²) in [7, 11) is -3.68. The van der Waals surface area contributed by atoms with Crippen LogP contribution in [0.3, 0.4) is 0 Å². The summed E-state index contributed by atoms with van der Waals surface area (Å²) in [5.41, 5.74) is 1.76. The Kier molecular flexibility index (Phi) is 7.96. The third-order valence-electron chi connectivity index (χ3n) is 4.74. The van der Waals surface area contributed by atoms with Crippen molar-refractivity contribution in [3.8, 4) is 0 Å². The van der Waals surface area contributed by atoms with Gasteiger partial charge in [-0.1, -0.05) is 30.3 Å². The molecule has 0 unspecified atom stereocenters. The minimum absolute atomic E-state index is 0. The molecule has 1 fully saturated rings. The van der Waals surface area contributed by atoms with E-state index in [2.05, 4.69) is 26.1 Å². The van der Waals surface area contributed by atoms with Gasteiger partial charge in [-0.05, 0) is 39.7 Å². The highest BCUT2D eigenvalue weighted by Crippen LogP contribution is 2.29. The number of halogens is 3. The Morgan fingerprint density at radius 2 is 1.61 bits per heavy atom. The van der Waals surface area contributed by atoms with Crippen molar-refractivity contribution in [3.63, 3.8) is 0 Å². The summed E-state index contributed by atoms with van der Waals surface area (Å²) in [5.74, 6) is 0. The fourth-order valence-corrected chi connectivity index (χ4v) is 5.77. The van der Waals surface area contributed by atoms with Crippen LogP contribution in [0, 0.1) is 0 Å². The van der Waals surface area contributed by atoms with Gasteiger partial charge in [0.25, 0.3) is 10.0 Å². The third-order valence-corrected chi connectivity index (χ3v) is 7.42. The number of aromatic nitrogens is 1. The number of nitrogens with one attached hydrogen (secondary N) is 1. The fraction of sp³-hybridized carbons (Fsp3) is 0.263. The molecule has 28 heavy (non-hydrogen) atoms. The van der Waals surface area contributed by atoms with Gasteiger partial charge in [-0.15, -0.1) is 24.8 Å². The minimum Gasteiger partial charge on any atom is -0.314 e. The summed E-state index contributed by atoms with van der Waals surface area (Å²) < 4.78 is 28.6. The summed E-state index contributed by atoms with van der Waals surface area (Å²) >= 11 is 3.37. The van der Waals surface area contributed by atoms with Gasteiger partial charge in [0, 0.05) is 48.8 Å². The zero-order valence-corrected chi connectivity index (χ0v) is 19.1. The van der Waals surface area contributed by atoms with E-state index in [1.165, 1.54) is 3.97 Å². The molecule has 3 aromatic rings. The Morgan fingerprint density at radius 1 is 0.964 bits per heavy atom. The molecule has 0 amide bonds. The predicted molar refractivity (Wildman–Crippen MR) is 121 cm³/mol. The average molecular weight is 507 g/mol. The quantitative estimate of drug-likeness (QED) is 0.583. The molecule has 0 radical (unpaired) electrons. The van der Waals surface area contributed by atoms with Crippen LogP contribution in [-0.4, -0.2) is 43.5 Å². The first-order chi connectivity index (χ1) is 12.6. The van der Waals surface area contributed by atoms with Crippen molar-refractivity contribution in [1.82, 2.24) is 14.2 Å². The van der Waals surface area contributed by atoms with Gasteiger partial charge in [0.2, 0.25) is 0 Å². The summed E-state index contributed by atoms with van der Waals surface area (Å²) in [6.45, 7) is 4.62. The lowest BCUT2D eigenvalue weighted by atomic mass is 10.1. The van der Waals surface area contributed by atoms with E-state index in [1.807, 2.05) is 30.3 Å². The van der Waals surface area contributed by atoms with E-state index >= 15 is 0 Å². The molecule has 0 spiro atoms. The van der Waals surface area contributed by atoms with Gasteiger partial charge in [-0.2, -0.15) is 0 Å². The van der Waals surface area contributed by atoms with Crippen LogP contribution in [0.4, 0.5) is 0 Å². The molecule has 9 heteroatoms. The number of hydrogen-bond acceptors (Lipinski definition) is 4. The molecule has 2 aromatic carbocycles. The molecule has 5 nitrogen and oxygen atoms in total. The molecule has 0 aliphatic carbocycles. The Balaban J connectivity index is 0.00000140. The molecule has 152 valence electrons. The van der Waals surface area contributed by atoms with Crippen molar-refractivity contribution in [3.05, 3.63) is 64.8 Å². The smallest absolute Gasteiger partial charge is 0.269 e. The second-order valence-corrected chi connectivity index (χ2v) is 9.07. The number of hydrogen-bond donors (Lipinski definition) is 1. The van der Waals surface area contributed by atoms with Crippen molar-refractivity contribution >= 4 is 61.7 Å². The molecule has 0 atom stereocenters. The van der Waals surface area contributed by atoms with E-state index in [4.69, 9.17) is 0 Å². The van der Waals surface area contributed by atoms with Gasteiger partial charge in [-0.3, -0.25) is 4.90 Å². The lowest BCUT2D eigenvalue weighted by Gasteiger charge is -2.26. The predicted octanol–water partition coefficient (Wildman–Crippen LogP) is 3.89. The van der Waals surface area contributed by atoms with Crippen LogP contribution >= 0.6 is 40.7 Å². The molecule has 1 saturated heterocycles. The highest BCUT2D eigenvalue weighted by Gasteiger charge is 2.24. The van der Waals surface area contributed by atoms with Crippen LogP contribution in [0.25, 0.3) is 10.9 Å². The van der Waals surface area contributed by atoms with Gasteiger partial charge >= 0.3 is 0 Å². The highest BCUT2D eigenvalue weighted by molar-refractivity contribution is 9.10. The van der Waals surface area contributed by atoms with E-state index in [0.717, 1.165) is 43.7 Å². The van der Waals surface area contributed by atoms with Gasteiger partial charge in [-0.25, -0.2) is 12.4 Å². The number of rotatable bonds is 4. The van der Waals surface area contributed by atoms with Crippen LogP contribution in [0.1, 0.15) is 5.56 Å². The molecular formula is C19H22BrCl2N3O2S. The van der Waals surface area contributed by atoms with Crippen LogP contribution in [-0.2, 0) is 16.6 Å². The number of benzene rings is 2. The van der Waals surface area contributed by atoms with E-state index in [0.29, 0.717) is 9.99 Å². The van der Waals surface area contributed by atoms with Crippen LogP contribution in [0.5, 0.6) is 0 Å². The lowest BCUT2D eigenvalue weighted by molar-refractivity contribution is 0.234. The Labute approximate surface area is 186 Å². The Hall–Kier alpha value is -1.09. The van der Waals surface area contributed by atoms with E-state index in [9.17, 15) is 8.42 Å². The maximum absolute atomic E-state index is 13.3. The summed E-state index contributed by atoms with van der Waals surface area (Å²) in [4.78, 5) is 2.63. The molecule has 1 aliphatic rings. The van der Waals surface area contributed by atoms with Crippen molar-refractivity contribution < 1.29 is 8.42 Å². The van der Waals surface area contributed by atoms with E-state index < -0.39 is 10.0 Å². The average Bonchev–Trinajstić information content (AvgIpc) is 3.02. The van der Waals surface area contributed by atoms with Crippen LogP contribution < -0.4 is 5.32 Å². The van der Waals surface area contributed by atoms with Gasteiger partial charge in [0.1, 0.15) is 4.90 Å². The van der Waals surface area contributed by atoms with Crippen molar-refractivity contribution in [2.75, 3.05) is 26.2 Å². The molecular weight excluding hydrogens is 485 g/mol. The van der Waals surface area contributed by atoms with Gasteiger partial charge in [0.05, 0.1) is 5.52 Å². The van der Waals surface area contributed by atoms with E-state index in [-0.39, 0.29) is 29.7 Å². The largest absolute Gasteiger partial charge is 0.314 e. The zero-order valence-electron chi connectivity index (χ0n) is 15.0. The topological polar surface area (TPSA) is 54.3 Å². The minimum atomic E-state index is -3.68. The highest BCUT2D eigenvalue weighted by atomic mass is 79.9. The third kappa shape index (κ3) is 4.40. The van der Waals surface area contributed by atoms with Crippen molar-refractivity contribution in [1.29, 1.82) is 0 Å². The van der Waals surface area contributed by atoms with Crippen LogP contribution in [0.2, 0.25) is 0 Å². The van der Waals surface area contributed by atoms with Crippen molar-refractivity contribution in [2.24, 2.45) is 0 Å². The van der Waals surface area contributed by atoms with Gasteiger partial charge < -0.3 is 5.32 Å². The normalized spacial score (nSPS) is 15.0. The second kappa shape index (κ2) is 9.61. The number of fused-ring (bicyclic) bond motifs is 1. The SMILES string of the molecule is Cl.Cl.O=S(=O)(c1ccccc1Br)n1cc(CN2CCNCC2)c2ccccc21. The molecule has 2 heterocycles. The molecule has 1 N–H and O–H groups in total. The summed E-state index contributed by atoms with van der Waals surface area (Å²) in [5, 5.41) is 4.33. The molecule has 0 saturated carbocycles. The monoisotopic (exact) mass is 505 g/mol. The summed E-state index contributed by atoms with van der Waals surface area (Å²) in [6, 6.07) is 14.6. The first kappa shape index (κ1) is 23.2.